The van der Waals surface area contributed by atoms with Gasteiger partial charge in [0.05, 0.1) is 24.1 Å². The van der Waals surface area contributed by atoms with E-state index in [1.165, 1.54) is 0 Å². The van der Waals surface area contributed by atoms with Crippen LogP contribution in [0.15, 0.2) is 103 Å². The van der Waals surface area contributed by atoms with Crippen LogP contribution in [0.1, 0.15) is 56.8 Å². The van der Waals surface area contributed by atoms with E-state index in [2.05, 4.69) is 5.32 Å². The predicted octanol–water partition coefficient (Wildman–Crippen LogP) is 7.11. The standard InChI is InChI=1S/C36H29ClN2O4/c1-2-21-43-29-14-8-5-11-26(29)33(41)31-30(32(40)23-15-17-24(37)18-16-23)36(27-12-6-7-13-28(27)38-35(36)42)34-25-10-4-3-9-22(25)19-20-39(31)34/h3-20,30-31,34H,2,21H2,1H3,(H,38,42)/t30-,31+,34+,36-/m1/s1. The van der Waals surface area contributed by atoms with Gasteiger partial charge in [-0.05, 0) is 71.7 Å². The molecule has 6 nitrogen and oxygen atoms in total. The molecule has 214 valence electrons. The molecular formula is C36H29ClN2O4. The van der Waals surface area contributed by atoms with Crippen molar-refractivity contribution < 1.29 is 19.1 Å². The maximum atomic E-state index is 14.9. The van der Waals surface area contributed by atoms with E-state index in [0.717, 1.165) is 17.5 Å². The maximum Gasteiger partial charge on any atom is 0.238 e. The second kappa shape index (κ2) is 10.5. The number of para-hydroxylation sites is 2. The zero-order chi connectivity index (χ0) is 29.7. The molecule has 0 saturated carbocycles. The molecule has 0 radical (unpaired) electrons. The number of ether oxygens (including phenoxy) is 1. The van der Waals surface area contributed by atoms with Crippen LogP contribution in [0.5, 0.6) is 5.75 Å². The van der Waals surface area contributed by atoms with Gasteiger partial charge in [0, 0.05) is 22.5 Å². The first-order valence-electron chi connectivity index (χ1n) is 14.5. The largest absolute Gasteiger partial charge is 0.493 e. The van der Waals surface area contributed by atoms with E-state index in [9.17, 15) is 14.4 Å². The average molecular weight is 589 g/mol. The quantitative estimate of drug-likeness (QED) is 0.233. The van der Waals surface area contributed by atoms with Crippen molar-refractivity contribution in [2.45, 2.75) is 30.8 Å². The minimum absolute atomic E-state index is 0.276. The molecule has 1 N–H and O–H groups in total. The van der Waals surface area contributed by atoms with Gasteiger partial charge in [-0.3, -0.25) is 14.4 Å². The second-order valence-electron chi connectivity index (χ2n) is 11.2. The Morgan fingerprint density at radius 2 is 1.63 bits per heavy atom. The van der Waals surface area contributed by atoms with E-state index in [0.29, 0.717) is 39.8 Å². The Morgan fingerprint density at radius 1 is 0.907 bits per heavy atom. The highest BCUT2D eigenvalue weighted by atomic mass is 35.5. The molecule has 1 amide bonds. The molecule has 0 bridgehead atoms. The van der Waals surface area contributed by atoms with Crippen molar-refractivity contribution in [1.29, 1.82) is 0 Å². The first-order valence-corrected chi connectivity index (χ1v) is 14.9. The number of Topliss-reactive ketones (excluding diaryl/α,β-unsaturated/α-hetero) is 2. The van der Waals surface area contributed by atoms with Gasteiger partial charge in [-0.1, -0.05) is 73.1 Å². The highest BCUT2D eigenvalue weighted by molar-refractivity contribution is 6.30. The molecule has 0 aliphatic carbocycles. The topological polar surface area (TPSA) is 75.7 Å². The Balaban J connectivity index is 1.51. The van der Waals surface area contributed by atoms with Gasteiger partial charge < -0.3 is 15.0 Å². The highest BCUT2D eigenvalue weighted by Crippen LogP contribution is 2.62. The summed E-state index contributed by atoms with van der Waals surface area (Å²) in [5.74, 6) is -1.48. The Labute approximate surface area is 254 Å². The molecule has 3 aliphatic heterocycles. The summed E-state index contributed by atoms with van der Waals surface area (Å²) in [5, 5.41) is 3.57. The number of halogens is 1. The van der Waals surface area contributed by atoms with Crippen LogP contribution >= 0.6 is 11.6 Å². The summed E-state index contributed by atoms with van der Waals surface area (Å²) in [6.07, 6.45) is 4.60. The number of anilines is 1. The lowest BCUT2D eigenvalue weighted by Crippen LogP contribution is -2.49. The number of amides is 1. The molecule has 3 heterocycles. The monoisotopic (exact) mass is 588 g/mol. The first-order chi connectivity index (χ1) is 21.0. The number of fused-ring (bicyclic) bond motifs is 6. The third-order valence-electron chi connectivity index (χ3n) is 8.86. The van der Waals surface area contributed by atoms with Crippen LogP contribution in [0.2, 0.25) is 5.02 Å². The number of hydrogen-bond acceptors (Lipinski definition) is 5. The predicted molar refractivity (Wildman–Crippen MR) is 166 cm³/mol. The van der Waals surface area contributed by atoms with Gasteiger partial charge in [0.25, 0.3) is 0 Å². The maximum absolute atomic E-state index is 14.9. The summed E-state index contributed by atoms with van der Waals surface area (Å²) in [6, 6.07) is 27.5. The van der Waals surface area contributed by atoms with Crippen LogP contribution < -0.4 is 10.1 Å². The van der Waals surface area contributed by atoms with Crippen molar-refractivity contribution >= 4 is 40.8 Å². The minimum Gasteiger partial charge on any atom is -0.493 e. The fraction of sp³-hybridized carbons (Fsp3) is 0.194. The fourth-order valence-electron chi connectivity index (χ4n) is 7.13. The van der Waals surface area contributed by atoms with Gasteiger partial charge in [0.1, 0.15) is 17.2 Å². The first kappa shape index (κ1) is 27.2. The zero-order valence-electron chi connectivity index (χ0n) is 23.5. The summed E-state index contributed by atoms with van der Waals surface area (Å²) in [7, 11) is 0. The molecule has 0 unspecified atom stereocenters. The average Bonchev–Trinajstić information content (AvgIpc) is 3.52. The third kappa shape index (κ3) is 4.04. The van der Waals surface area contributed by atoms with Gasteiger partial charge in [-0.25, -0.2) is 0 Å². The number of hydrogen-bond donors (Lipinski definition) is 1. The molecule has 7 rings (SSSR count). The van der Waals surface area contributed by atoms with Crippen LogP contribution in [0, 0.1) is 5.92 Å². The Morgan fingerprint density at radius 3 is 2.44 bits per heavy atom. The second-order valence-corrected chi connectivity index (χ2v) is 11.6. The molecular weight excluding hydrogens is 560 g/mol. The van der Waals surface area contributed by atoms with Crippen LogP contribution in [0.3, 0.4) is 0 Å². The summed E-state index contributed by atoms with van der Waals surface area (Å²) in [6.45, 7) is 2.45. The van der Waals surface area contributed by atoms with Crippen molar-refractivity contribution in [1.82, 2.24) is 4.90 Å². The minimum atomic E-state index is -1.40. The van der Waals surface area contributed by atoms with Crippen molar-refractivity contribution in [2.24, 2.45) is 5.92 Å². The molecule has 3 aliphatic rings. The van der Waals surface area contributed by atoms with Gasteiger partial charge in [0.15, 0.2) is 11.6 Å². The third-order valence-corrected chi connectivity index (χ3v) is 9.12. The molecule has 4 aromatic carbocycles. The van der Waals surface area contributed by atoms with Crippen molar-refractivity contribution in [3.8, 4) is 5.75 Å². The summed E-state index contributed by atoms with van der Waals surface area (Å²) >= 11 is 6.20. The van der Waals surface area contributed by atoms with E-state index in [1.54, 1.807) is 42.5 Å². The highest BCUT2D eigenvalue weighted by Gasteiger charge is 2.70. The molecule has 1 fully saturated rings. The van der Waals surface area contributed by atoms with Gasteiger partial charge in [-0.15, -0.1) is 0 Å². The van der Waals surface area contributed by atoms with Crippen molar-refractivity contribution in [2.75, 3.05) is 11.9 Å². The summed E-state index contributed by atoms with van der Waals surface area (Å²) in [5.41, 5.74) is 2.55. The number of carbonyl (C=O) groups excluding carboxylic acids is 3. The molecule has 4 atom stereocenters. The molecule has 1 saturated heterocycles. The molecule has 0 aromatic heterocycles. The Bertz CT molecular complexity index is 1800. The lowest BCUT2D eigenvalue weighted by molar-refractivity contribution is -0.122. The van der Waals surface area contributed by atoms with Crippen molar-refractivity contribution in [3.63, 3.8) is 0 Å². The summed E-state index contributed by atoms with van der Waals surface area (Å²) < 4.78 is 6.01. The van der Waals surface area contributed by atoms with Crippen molar-refractivity contribution in [3.05, 3.63) is 136 Å². The summed E-state index contributed by atoms with van der Waals surface area (Å²) in [4.78, 5) is 46.3. The SMILES string of the molecule is CCCOc1ccccc1C(=O)[C@@H]1[C@H](C(=O)c2ccc(Cl)cc2)[C@@]2(C(=O)Nc3ccccc32)[C@@H]2c3ccccc3C=CN12. The molecule has 43 heavy (non-hydrogen) atoms. The van der Waals surface area contributed by atoms with Crippen LogP contribution in [0.4, 0.5) is 5.69 Å². The van der Waals surface area contributed by atoms with Gasteiger partial charge >= 0.3 is 0 Å². The fourth-order valence-corrected chi connectivity index (χ4v) is 7.25. The lowest BCUT2D eigenvalue weighted by atomic mass is 9.62. The van der Waals surface area contributed by atoms with E-state index < -0.39 is 23.4 Å². The van der Waals surface area contributed by atoms with E-state index in [1.807, 2.05) is 78.7 Å². The zero-order valence-corrected chi connectivity index (χ0v) is 24.3. The molecule has 7 heteroatoms. The Hall–Kier alpha value is -4.68. The number of benzene rings is 4. The van der Waals surface area contributed by atoms with Gasteiger partial charge in [0.2, 0.25) is 5.91 Å². The van der Waals surface area contributed by atoms with E-state index in [-0.39, 0.29) is 17.5 Å². The number of rotatable bonds is 7. The van der Waals surface area contributed by atoms with Gasteiger partial charge in [-0.2, -0.15) is 0 Å². The molecule has 4 aromatic rings. The Kier molecular flexibility index (Phi) is 6.66. The normalized spacial score (nSPS) is 23.0. The molecule has 1 spiro atoms. The van der Waals surface area contributed by atoms with Crippen LogP contribution in [-0.4, -0.2) is 35.0 Å². The number of ketones is 2. The number of carbonyl (C=O) groups is 3. The number of nitrogens with zero attached hydrogens (tertiary/aromatic N) is 1. The van der Waals surface area contributed by atoms with Crippen LogP contribution in [0.25, 0.3) is 6.08 Å². The number of nitrogens with one attached hydrogen (secondary N) is 1. The lowest BCUT2D eigenvalue weighted by Gasteiger charge is -2.38. The smallest absolute Gasteiger partial charge is 0.238 e. The van der Waals surface area contributed by atoms with Crippen LogP contribution in [-0.2, 0) is 10.2 Å². The van der Waals surface area contributed by atoms with E-state index >= 15 is 0 Å². The van der Waals surface area contributed by atoms with E-state index in [4.69, 9.17) is 16.3 Å².